The number of nitrogens with zero attached hydrogens (tertiary/aromatic N) is 4. The van der Waals surface area contributed by atoms with Crippen LogP contribution in [0.2, 0.25) is 20.7 Å². The van der Waals surface area contributed by atoms with Crippen molar-refractivity contribution in [2.45, 2.75) is 13.8 Å². The van der Waals surface area contributed by atoms with Crippen molar-refractivity contribution in [3.05, 3.63) is 44.4 Å². The average molecular weight is 382 g/mol. The molecule has 22 heavy (non-hydrogen) atoms. The van der Waals surface area contributed by atoms with E-state index in [9.17, 15) is 9.59 Å². The number of rotatable bonds is 2. The Morgan fingerprint density at radius 2 is 1.27 bits per heavy atom. The second-order valence-electron chi connectivity index (χ2n) is 3.79. The van der Waals surface area contributed by atoms with Gasteiger partial charge < -0.3 is 0 Å². The maximum absolute atomic E-state index is 10.7. The summed E-state index contributed by atoms with van der Waals surface area (Å²) in [7, 11) is 0. The number of aromatic nitrogens is 4. The van der Waals surface area contributed by atoms with Gasteiger partial charge in [-0.1, -0.05) is 34.8 Å². The summed E-state index contributed by atoms with van der Waals surface area (Å²) < 4.78 is 0. The zero-order chi connectivity index (χ0) is 16.9. The van der Waals surface area contributed by atoms with E-state index >= 15 is 0 Å². The van der Waals surface area contributed by atoms with Crippen LogP contribution in [0.15, 0.2) is 12.1 Å². The summed E-state index contributed by atoms with van der Waals surface area (Å²) in [4.78, 5) is 36.0. The van der Waals surface area contributed by atoms with Crippen molar-refractivity contribution in [1.29, 1.82) is 0 Å². The molecule has 0 bridgehead atoms. The SMILES string of the molecule is CC(=O)c1cc(Cl)nc(Cl)n1.CC(=O)c1nc(Cl)cc(Cl)n1. The fraction of sp³-hybridized carbons (Fsp3) is 0.167. The average Bonchev–Trinajstić information content (AvgIpc) is 2.37. The molecule has 0 fully saturated rings. The van der Waals surface area contributed by atoms with Gasteiger partial charge in [0.05, 0.1) is 0 Å². The van der Waals surface area contributed by atoms with Crippen LogP contribution in [0.25, 0.3) is 0 Å². The molecule has 0 saturated heterocycles. The smallest absolute Gasteiger partial charge is 0.224 e. The van der Waals surface area contributed by atoms with Gasteiger partial charge in [-0.15, -0.1) is 0 Å². The third kappa shape index (κ3) is 6.19. The van der Waals surface area contributed by atoms with E-state index in [4.69, 9.17) is 46.4 Å². The van der Waals surface area contributed by atoms with Gasteiger partial charge in [0.1, 0.15) is 21.2 Å². The Hall–Kier alpha value is -1.34. The molecule has 6 nitrogen and oxygen atoms in total. The van der Waals surface area contributed by atoms with E-state index in [-0.39, 0.29) is 43.8 Å². The summed E-state index contributed by atoms with van der Waals surface area (Å²) in [6.45, 7) is 2.73. The molecule has 0 saturated carbocycles. The molecule has 0 atom stereocenters. The third-order valence-corrected chi connectivity index (χ3v) is 2.76. The van der Waals surface area contributed by atoms with Crippen LogP contribution in [0.5, 0.6) is 0 Å². The van der Waals surface area contributed by atoms with Gasteiger partial charge in [0.15, 0.2) is 17.4 Å². The maximum atomic E-state index is 10.7. The predicted octanol–water partition coefficient (Wildman–Crippen LogP) is 3.97. The number of ketones is 2. The molecule has 0 N–H and O–H groups in total. The Balaban J connectivity index is 0.000000220. The van der Waals surface area contributed by atoms with Crippen LogP contribution in [0.3, 0.4) is 0 Å². The lowest BCUT2D eigenvalue weighted by Crippen LogP contribution is -2.00. The first-order valence-corrected chi connectivity index (χ1v) is 7.12. The minimum atomic E-state index is -0.255. The van der Waals surface area contributed by atoms with Crippen LogP contribution >= 0.6 is 46.4 Å². The van der Waals surface area contributed by atoms with E-state index in [0.717, 1.165) is 0 Å². The van der Waals surface area contributed by atoms with Gasteiger partial charge in [0.25, 0.3) is 0 Å². The fourth-order valence-corrected chi connectivity index (χ4v) is 1.95. The molecule has 2 rings (SSSR count). The molecule has 0 amide bonds. The standard InChI is InChI=1S/2C6H4Cl2N2O/c1-3(11)6-9-4(7)2-5(8)10-6;1-3(11)4-2-5(7)10-6(8)9-4/h2*2H,1H3. The van der Waals surface area contributed by atoms with Gasteiger partial charge in [-0.25, -0.2) is 19.9 Å². The number of hydrogen-bond acceptors (Lipinski definition) is 6. The molecule has 2 heterocycles. The summed E-state index contributed by atoms with van der Waals surface area (Å²) in [5.41, 5.74) is 0.231. The van der Waals surface area contributed by atoms with E-state index in [0.29, 0.717) is 0 Å². The molecule has 2 aromatic rings. The van der Waals surface area contributed by atoms with Crippen molar-refractivity contribution >= 4 is 58.0 Å². The molecule has 2 aromatic heterocycles. The second kappa shape index (κ2) is 8.33. The van der Waals surface area contributed by atoms with Gasteiger partial charge in [-0.05, 0) is 11.6 Å². The van der Waals surface area contributed by atoms with Crippen LogP contribution in [-0.4, -0.2) is 31.5 Å². The van der Waals surface area contributed by atoms with Crippen LogP contribution in [0.1, 0.15) is 35.0 Å². The third-order valence-electron chi connectivity index (χ3n) is 2.01. The highest BCUT2D eigenvalue weighted by atomic mass is 35.5. The first kappa shape index (κ1) is 18.7. The first-order chi connectivity index (χ1) is 10.2. The molecule has 0 aliphatic heterocycles. The van der Waals surface area contributed by atoms with Crippen molar-refractivity contribution in [3.63, 3.8) is 0 Å². The molecule has 0 radical (unpaired) electrons. The summed E-state index contributed by atoms with van der Waals surface area (Å²) in [5.74, 6) is -0.395. The van der Waals surface area contributed by atoms with Crippen molar-refractivity contribution < 1.29 is 9.59 Å². The van der Waals surface area contributed by atoms with Crippen molar-refractivity contribution in [2.24, 2.45) is 0 Å². The lowest BCUT2D eigenvalue weighted by molar-refractivity contribution is 0.0997. The maximum Gasteiger partial charge on any atom is 0.224 e. The quantitative estimate of drug-likeness (QED) is 0.444. The molecule has 116 valence electrons. The van der Waals surface area contributed by atoms with Crippen LogP contribution in [0.4, 0.5) is 0 Å². The Morgan fingerprint density at radius 3 is 1.68 bits per heavy atom. The lowest BCUT2D eigenvalue weighted by Gasteiger charge is -1.94. The molecule has 0 aliphatic rings. The molecular formula is C12H8Cl4N4O2. The first-order valence-electron chi connectivity index (χ1n) is 5.61. The normalized spacial score (nSPS) is 9.73. The minimum absolute atomic E-state index is 0.0114. The Bertz CT molecular complexity index is 622. The zero-order valence-electron chi connectivity index (χ0n) is 11.3. The summed E-state index contributed by atoms with van der Waals surface area (Å²) in [6.07, 6.45) is 0. The molecule has 0 aliphatic carbocycles. The Kier molecular flexibility index (Phi) is 7.09. The minimum Gasteiger partial charge on any atom is -0.293 e. The van der Waals surface area contributed by atoms with Crippen molar-refractivity contribution in [3.8, 4) is 0 Å². The number of halogens is 4. The largest absolute Gasteiger partial charge is 0.293 e. The zero-order valence-corrected chi connectivity index (χ0v) is 14.3. The van der Waals surface area contributed by atoms with E-state index < -0.39 is 0 Å². The van der Waals surface area contributed by atoms with Crippen molar-refractivity contribution in [1.82, 2.24) is 19.9 Å². The summed E-state index contributed by atoms with van der Waals surface area (Å²) >= 11 is 22.0. The van der Waals surface area contributed by atoms with Crippen LogP contribution < -0.4 is 0 Å². The fourth-order valence-electron chi connectivity index (χ4n) is 1.12. The Labute approximate surface area is 145 Å². The topological polar surface area (TPSA) is 85.7 Å². The van der Waals surface area contributed by atoms with Gasteiger partial charge in [-0.3, -0.25) is 9.59 Å². The monoisotopic (exact) mass is 380 g/mol. The molecule has 0 spiro atoms. The van der Waals surface area contributed by atoms with Gasteiger partial charge in [-0.2, -0.15) is 0 Å². The van der Waals surface area contributed by atoms with Gasteiger partial charge in [0, 0.05) is 26.0 Å². The number of Topliss-reactive ketones (excluding diaryl/α,β-unsaturated/α-hetero) is 2. The van der Waals surface area contributed by atoms with Crippen molar-refractivity contribution in [2.75, 3.05) is 0 Å². The van der Waals surface area contributed by atoms with E-state index in [1.165, 1.54) is 26.0 Å². The number of carbonyl (C=O) groups excluding carboxylic acids is 2. The highest BCUT2D eigenvalue weighted by molar-refractivity contribution is 6.33. The lowest BCUT2D eigenvalue weighted by atomic mass is 10.3. The highest BCUT2D eigenvalue weighted by Gasteiger charge is 2.05. The number of carbonyl (C=O) groups is 2. The van der Waals surface area contributed by atoms with E-state index in [1.54, 1.807) is 0 Å². The second-order valence-corrected chi connectivity index (χ2v) is 5.29. The highest BCUT2D eigenvalue weighted by Crippen LogP contribution is 2.11. The predicted molar refractivity (Wildman–Crippen MR) is 84.1 cm³/mol. The molecule has 10 heteroatoms. The molecule has 0 unspecified atom stereocenters. The summed E-state index contributed by atoms with van der Waals surface area (Å²) in [6, 6.07) is 2.74. The van der Waals surface area contributed by atoms with E-state index in [2.05, 4.69) is 19.9 Å². The van der Waals surface area contributed by atoms with Crippen LogP contribution in [-0.2, 0) is 0 Å². The Morgan fingerprint density at radius 1 is 0.773 bits per heavy atom. The van der Waals surface area contributed by atoms with Gasteiger partial charge in [0.2, 0.25) is 5.28 Å². The van der Waals surface area contributed by atoms with Crippen LogP contribution in [0, 0.1) is 0 Å². The molecule has 0 aromatic carbocycles. The number of hydrogen-bond donors (Lipinski definition) is 0. The van der Waals surface area contributed by atoms with Gasteiger partial charge >= 0.3 is 0 Å². The van der Waals surface area contributed by atoms with E-state index in [1.807, 2.05) is 0 Å². The molecular weight excluding hydrogens is 374 g/mol. The summed E-state index contributed by atoms with van der Waals surface area (Å²) in [5, 5.41) is 0.517.